The first-order chi connectivity index (χ1) is 23.8. The van der Waals surface area contributed by atoms with E-state index in [2.05, 4.69) is 64.6 Å². The summed E-state index contributed by atoms with van der Waals surface area (Å²) >= 11 is 0. The van der Waals surface area contributed by atoms with E-state index in [1.54, 1.807) is 0 Å². The van der Waals surface area contributed by atoms with Crippen LogP contribution in [0.1, 0.15) is 70.7 Å². The molecule has 10 heteroatoms. The quantitative estimate of drug-likeness (QED) is 0.191. The Morgan fingerprint density at radius 1 is 0.960 bits per heavy atom. The van der Waals surface area contributed by atoms with Crippen LogP contribution in [0, 0.1) is 12.3 Å². The molecule has 268 valence electrons. The molecule has 0 bridgehead atoms. The summed E-state index contributed by atoms with van der Waals surface area (Å²) in [5.74, 6) is 0.733. The number of anilines is 2. The molecule has 1 aromatic heterocycles. The molecule has 0 spiro atoms. The van der Waals surface area contributed by atoms with Crippen LogP contribution in [0.2, 0.25) is 0 Å². The number of piperazine rings is 1. The molecule has 3 aromatic rings. The molecule has 0 radical (unpaired) electrons. The summed E-state index contributed by atoms with van der Waals surface area (Å²) in [5.41, 5.74) is 3.56. The highest BCUT2D eigenvalue weighted by molar-refractivity contribution is 5.97. The number of hydrogen-bond donors (Lipinski definition) is 0. The zero-order valence-electron chi connectivity index (χ0n) is 30.8. The minimum absolute atomic E-state index is 0.0324. The first-order valence-electron chi connectivity index (χ1n) is 18.2. The van der Waals surface area contributed by atoms with Gasteiger partial charge in [-0.05, 0) is 103 Å². The maximum absolute atomic E-state index is 12.9. The number of carbonyl (C=O) groups excluding carboxylic acids is 2. The molecule has 10 nitrogen and oxygen atoms in total. The molecule has 2 aromatic carbocycles. The Labute approximate surface area is 297 Å². The van der Waals surface area contributed by atoms with E-state index in [4.69, 9.17) is 19.4 Å². The first-order valence-corrected chi connectivity index (χ1v) is 18.2. The maximum Gasteiger partial charge on any atom is 0.318 e. The lowest BCUT2D eigenvalue weighted by Gasteiger charge is -2.38. The summed E-state index contributed by atoms with van der Waals surface area (Å²) in [4.78, 5) is 44.4. The molecule has 0 saturated carbocycles. The van der Waals surface area contributed by atoms with Crippen molar-refractivity contribution in [1.29, 1.82) is 0 Å². The van der Waals surface area contributed by atoms with E-state index in [9.17, 15) is 9.59 Å². The topological polar surface area (TPSA) is 91.3 Å². The van der Waals surface area contributed by atoms with Gasteiger partial charge in [-0.2, -0.15) is 9.97 Å². The van der Waals surface area contributed by atoms with Crippen LogP contribution in [0.5, 0.6) is 6.01 Å². The number of likely N-dealkylation sites (tertiary alicyclic amines) is 1. The van der Waals surface area contributed by atoms with Crippen LogP contribution in [-0.4, -0.2) is 95.7 Å². The van der Waals surface area contributed by atoms with Crippen molar-refractivity contribution >= 4 is 34.2 Å². The third-order valence-electron chi connectivity index (χ3n) is 10.4. The summed E-state index contributed by atoms with van der Waals surface area (Å²) in [7, 11) is 0. The molecule has 2 saturated heterocycles. The number of esters is 1. The van der Waals surface area contributed by atoms with Crippen LogP contribution in [0.4, 0.5) is 11.5 Å². The summed E-state index contributed by atoms with van der Waals surface area (Å²) in [6.07, 6.45) is 5.04. The number of amides is 1. The van der Waals surface area contributed by atoms with Crippen molar-refractivity contribution in [3.05, 3.63) is 65.9 Å². The largest absolute Gasteiger partial charge is 0.462 e. The minimum atomic E-state index is -0.577. The number of aryl methyl sites for hydroxylation is 1. The second-order valence-electron chi connectivity index (χ2n) is 15.7. The Bertz CT molecular complexity index is 1720. The molecule has 1 amide bonds. The van der Waals surface area contributed by atoms with E-state index in [0.717, 1.165) is 50.4 Å². The molecule has 3 aliphatic rings. The zero-order valence-corrected chi connectivity index (χ0v) is 30.8. The van der Waals surface area contributed by atoms with Crippen LogP contribution in [0.3, 0.4) is 0 Å². The predicted octanol–water partition coefficient (Wildman–Crippen LogP) is 5.94. The molecular formula is C40H54N6O4. The van der Waals surface area contributed by atoms with Crippen LogP contribution in [0.25, 0.3) is 10.8 Å². The summed E-state index contributed by atoms with van der Waals surface area (Å²) in [6.45, 7) is 21.9. The van der Waals surface area contributed by atoms with E-state index < -0.39 is 11.0 Å². The highest BCUT2D eigenvalue weighted by Crippen LogP contribution is 2.36. The number of benzene rings is 2. The number of hydrogen-bond acceptors (Lipinski definition) is 9. The third-order valence-corrected chi connectivity index (χ3v) is 10.4. The summed E-state index contributed by atoms with van der Waals surface area (Å²) in [5, 5.41) is 2.52. The highest BCUT2D eigenvalue weighted by atomic mass is 16.6. The monoisotopic (exact) mass is 682 g/mol. The molecule has 1 atom stereocenters. The molecule has 50 heavy (non-hydrogen) atoms. The lowest BCUT2D eigenvalue weighted by Crippen LogP contribution is -2.49. The summed E-state index contributed by atoms with van der Waals surface area (Å²) in [6, 6.07) is 13.6. The lowest BCUT2D eigenvalue weighted by atomic mass is 9.89. The fourth-order valence-corrected chi connectivity index (χ4v) is 7.45. The van der Waals surface area contributed by atoms with Crippen LogP contribution < -0.4 is 14.5 Å². The second kappa shape index (κ2) is 14.6. The molecule has 2 fully saturated rings. The molecule has 6 rings (SSSR count). The van der Waals surface area contributed by atoms with Gasteiger partial charge in [0.2, 0.25) is 5.91 Å². The lowest BCUT2D eigenvalue weighted by molar-refractivity contribution is -0.166. The number of rotatable bonds is 10. The van der Waals surface area contributed by atoms with E-state index in [-0.39, 0.29) is 17.9 Å². The Hall–Kier alpha value is -4.18. The molecular weight excluding hydrogens is 628 g/mol. The number of fused-ring (bicyclic) bond motifs is 2. The number of nitrogens with zero attached hydrogens (tertiary/aromatic N) is 6. The molecule has 1 unspecified atom stereocenters. The van der Waals surface area contributed by atoms with E-state index in [1.807, 2.05) is 39.5 Å². The van der Waals surface area contributed by atoms with Crippen molar-refractivity contribution in [2.75, 3.05) is 62.2 Å². The van der Waals surface area contributed by atoms with Crippen molar-refractivity contribution < 1.29 is 19.1 Å². The van der Waals surface area contributed by atoms with Crippen LogP contribution in [0.15, 0.2) is 49.1 Å². The zero-order chi connectivity index (χ0) is 35.6. The minimum Gasteiger partial charge on any atom is -0.462 e. The third kappa shape index (κ3) is 7.90. The van der Waals surface area contributed by atoms with Crippen LogP contribution in [-0.2, 0) is 27.3 Å². The Balaban J connectivity index is 1.21. The van der Waals surface area contributed by atoms with Crippen molar-refractivity contribution in [1.82, 2.24) is 19.8 Å². The van der Waals surface area contributed by atoms with Crippen molar-refractivity contribution in [3.63, 3.8) is 0 Å². The fraction of sp³-hybridized carbons (Fsp3) is 0.550. The SMILES string of the molecule is C=CC(=O)N1CCN(c2nc(OCC3CCCN3CCC(C)(C)C(=O)OC(C)(C)C)nc3c2CCN(c2cccc4cccc(C)c24)C3)CC1. The van der Waals surface area contributed by atoms with Gasteiger partial charge in [-0.1, -0.05) is 36.9 Å². The van der Waals surface area contributed by atoms with Gasteiger partial charge in [0.25, 0.3) is 0 Å². The number of carbonyl (C=O) groups is 2. The predicted molar refractivity (Wildman–Crippen MR) is 199 cm³/mol. The molecule has 0 aliphatic carbocycles. The standard InChI is InChI=1S/C40H54N6O4/c1-8-34(47)44-22-24-45(25-23-44)36-31-17-20-46(33-16-10-14-29-13-9-12-28(2)35(29)33)26-32(31)41-38(42-36)49-27-30-15-11-19-43(30)21-18-40(6,7)37(48)50-39(3,4)5/h8-10,12-14,16,30H,1,11,15,17-27H2,2-7H3. The fourth-order valence-electron chi connectivity index (χ4n) is 7.45. The van der Waals surface area contributed by atoms with Gasteiger partial charge >= 0.3 is 12.0 Å². The average Bonchev–Trinajstić information content (AvgIpc) is 3.55. The van der Waals surface area contributed by atoms with Crippen molar-refractivity contribution in [2.24, 2.45) is 5.41 Å². The van der Waals surface area contributed by atoms with Gasteiger partial charge in [0.15, 0.2) is 0 Å². The average molecular weight is 683 g/mol. The van der Waals surface area contributed by atoms with Crippen LogP contribution >= 0.6 is 0 Å². The number of ether oxygens (including phenoxy) is 2. The summed E-state index contributed by atoms with van der Waals surface area (Å²) < 4.78 is 12.2. The second-order valence-corrected chi connectivity index (χ2v) is 15.7. The highest BCUT2D eigenvalue weighted by Gasteiger charge is 2.35. The number of aromatic nitrogens is 2. The Kier molecular flexibility index (Phi) is 10.4. The van der Waals surface area contributed by atoms with E-state index in [1.165, 1.54) is 33.7 Å². The maximum atomic E-state index is 12.9. The molecule has 4 heterocycles. The van der Waals surface area contributed by atoms with Gasteiger partial charge in [-0.15, -0.1) is 0 Å². The Morgan fingerprint density at radius 2 is 1.70 bits per heavy atom. The van der Waals surface area contributed by atoms with E-state index >= 15 is 0 Å². The van der Waals surface area contributed by atoms with Gasteiger partial charge in [0.1, 0.15) is 18.0 Å². The van der Waals surface area contributed by atoms with E-state index in [0.29, 0.717) is 51.8 Å². The van der Waals surface area contributed by atoms with Crippen molar-refractivity contribution in [2.45, 2.75) is 85.4 Å². The van der Waals surface area contributed by atoms with Crippen molar-refractivity contribution in [3.8, 4) is 6.01 Å². The smallest absolute Gasteiger partial charge is 0.318 e. The van der Waals surface area contributed by atoms with Gasteiger partial charge in [-0.3, -0.25) is 14.5 Å². The van der Waals surface area contributed by atoms with Gasteiger partial charge in [0, 0.05) is 55.4 Å². The van der Waals surface area contributed by atoms with Gasteiger partial charge in [0.05, 0.1) is 17.7 Å². The van der Waals surface area contributed by atoms with Gasteiger partial charge < -0.3 is 24.2 Å². The normalized spacial score (nSPS) is 18.7. The molecule has 3 aliphatic heterocycles. The first kappa shape index (κ1) is 35.6. The Morgan fingerprint density at radius 3 is 2.42 bits per heavy atom. The van der Waals surface area contributed by atoms with Gasteiger partial charge in [-0.25, -0.2) is 0 Å². The molecule has 0 N–H and O–H groups in total.